The minimum Gasteiger partial charge on any atom is -0.379 e. The maximum atomic E-state index is 5.36. The number of ether oxygens (including phenoxy) is 1. The van der Waals surface area contributed by atoms with Crippen molar-refractivity contribution in [3.8, 4) is 0 Å². The number of rotatable bonds is 4. The molecule has 2 rings (SSSR count). The fourth-order valence-corrected chi connectivity index (χ4v) is 2.60. The van der Waals surface area contributed by atoms with Gasteiger partial charge in [0.2, 0.25) is 0 Å². The van der Waals surface area contributed by atoms with Crippen LogP contribution in [0.25, 0.3) is 0 Å². The summed E-state index contributed by atoms with van der Waals surface area (Å²) in [5.41, 5.74) is 0. The number of nitrogens with one attached hydrogen (secondary N) is 1. The smallest absolute Gasteiger partial charge is 0.0594 e. The molecule has 0 bridgehead atoms. The lowest BCUT2D eigenvalue weighted by atomic mass is 10.1. The highest BCUT2D eigenvalue weighted by Gasteiger charge is 2.19. The van der Waals surface area contributed by atoms with Crippen molar-refractivity contribution >= 4 is 0 Å². The van der Waals surface area contributed by atoms with Crippen molar-refractivity contribution in [1.29, 1.82) is 0 Å². The predicted octanol–water partition coefficient (Wildman–Crippen LogP) is 0.00240. The number of nitrogens with zero attached hydrogens (tertiary/aromatic N) is 2. The number of hydrogen-bond acceptors (Lipinski definition) is 4. The Labute approximate surface area is 98.9 Å². The Morgan fingerprint density at radius 2 is 1.88 bits per heavy atom. The molecule has 16 heavy (non-hydrogen) atoms. The molecule has 0 aromatic carbocycles. The second kappa shape index (κ2) is 6.55. The third-order valence-corrected chi connectivity index (χ3v) is 3.75. The normalized spacial score (nSPS) is 29.4. The SMILES string of the molecule is CNC1CCCN(CCN2CCOCC2)C1. The second-order valence-corrected chi connectivity index (χ2v) is 4.88. The van der Waals surface area contributed by atoms with Crippen LogP contribution in [0.4, 0.5) is 0 Å². The summed E-state index contributed by atoms with van der Waals surface area (Å²) in [5.74, 6) is 0. The number of hydrogen-bond donors (Lipinski definition) is 1. The molecule has 2 heterocycles. The van der Waals surface area contributed by atoms with Crippen LogP contribution in [0.5, 0.6) is 0 Å². The van der Waals surface area contributed by atoms with E-state index in [2.05, 4.69) is 22.2 Å². The molecule has 2 aliphatic rings. The summed E-state index contributed by atoms with van der Waals surface area (Å²) in [6.07, 6.45) is 2.68. The number of likely N-dealkylation sites (N-methyl/N-ethyl adjacent to an activating group) is 1. The third-order valence-electron chi connectivity index (χ3n) is 3.75. The standard InChI is InChI=1S/C12H25N3O/c1-13-12-3-2-4-15(11-12)6-5-14-7-9-16-10-8-14/h12-13H,2-11H2,1H3. The van der Waals surface area contributed by atoms with Gasteiger partial charge in [0.25, 0.3) is 0 Å². The number of piperidine rings is 1. The van der Waals surface area contributed by atoms with Gasteiger partial charge in [-0.15, -0.1) is 0 Å². The second-order valence-electron chi connectivity index (χ2n) is 4.88. The van der Waals surface area contributed by atoms with Crippen molar-refractivity contribution < 1.29 is 4.74 Å². The molecule has 94 valence electrons. The minimum absolute atomic E-state index is 0.707. The van der Waals surface area contributed by atoms with Gasteiger partial charge in [0.05, 0.1) is 13.2 Å². The summed E-state index contributed by atoms with van der Waals surface area (Å²) < 4.78 is 5.36. The Morgan fingerprint density at radius 1 is 1.12 bits per heavy atom. The van der Waals surface area contributed by atoms with Crippen molar-refractivity contribution in [2.24, 2.45) is 0 Å². The molecule has 0 spiro atoms. The molecule has 1 unspecified atom stereocenters. The van der Waals surface area contributed by atoms with E-state index in [4.69, 9.17) is 4.74 Å². The van der Waals surface area contributed by atoms with E-state index >= 15 is 0 Å². The lowest BCUT2D eigenvalue weighted by Gasteiger charge is -2.35. The molecular weight excluding hydrogens is 202 g/mol. The Morgan fingerprint density at radius 3 is 2.62 bits per heavy atom. The van der Waals surface area contributed by atoms with Gasteiger partial charge in [-0.2, -0.15) is 0 Å². The molecule has 4 heteroatoms. The first-order valence-electron chi connectivity index (χ1n) is 6.58. The average Bonchev–Trinajstić information content (AvgIpc) is 2.38. The maximum absolute atomic E-state index is 5.36. The first kappa shape index (κ1) is 12.3. The van der Waals surface area contributed by atoms with E-state index in [9.17, 15) is 0 Å². The first-order valence-corrected chi connectivity index (χ1v) is 6.58. The summed E-state index contributed by atoms with van der Waals surface area (Å²) in [6.45, 7) is 8.99. The summed E-state index contributed by atoms with van der Waals surface area (Å²) in [4.78, 5) is 5.12. The summed E-state index contributed by atoms with van der Waals surface area (Å²) in [7, 11) is 2.08. The fraction of sp³-hybridized carbons (Fsp3) is 1.00. The van der Waals surface area contributed by atoms with Crippen molar-refractivity contribution in [2.75, 3.05) is 59.5 Å². The van der Waals surface area contributed by atoms with E-state index in [1.807, 2.05) is 0 Å². The molecule has 2 fully saturated rings. The summed E-state index contributed by atoms with van der Waals surface area (Å²) in [5, 5.41) is 3.40. The van der Waals surface area contributed by atoms with Crippen LogP contribution in [0.1, 0.15) is 12.8 Å². The zero-order chi connectivity index (χ0) is 11.2. The van der Waals surface area contributed by atoms with Crippen LogP contribution in [-0.4, -0.2) is 75.4 Å². The van der Waals surface area contributed by atoms with Crippen LogP contribution in [0.3, 0.4) is 0 Å². The summed E-state index contributed by atoms with van der Waals surface area (Å²) >= 11 is 0. The fourth-order valence-electron chi connectivity index (χ4n) is 2.60. The molecule has 0 radical (unpaired) electrons. The Balaban J connectivity index is 1.64. The topological polar surface area (TPSA) is 27.7 Å². The van der Waals surface area contributed by atoms with E-state index in [-0.39, 0.29) is 0 Å². The molecule has 2 aliphatic heterocycles. The lowest BCUT2D eigenvalue weighted by Crippen LogP contribution is -2.48. The van der Waals surface area contributed by atoms with Crippen molar-refractivity contribution in [2.45, 2.75) is 18.9 Å². The molecule has 1 N–H and O–H groups in total. The van der Waals surface area contributed by atoms with Crippen molar-refractivity contribution in [1.82, 2.24) is 15.1 Å². The van der Waals surface area contributed by atoms with Gasteiger partial charge in [0, 0.05) is 38.8 Å². The van der Waals surface area contributed by atoms with Crippen LogP contribution in [0.2, 0.25) is 0 Å². The molecule has 2 saturated heterocycles. The molecule has 0 amide bonds. The Kier molecular flexibility index (Phi) is 5.03. The highest BCUT2D eigenvalue weighted by molar-refractivity contribution is 4.77. The van der Waals surface area contributed by atoms with Gasteiger partial charge < -0.3 is 15.0 Å². The van der Waals surface area contributed by atoms with Crippen LogP contribution in [0.15, 0.2) is 0 Å². The van der Waals surface area contributed by atoms with Gasteiger partial charge in [0.15, 0.2) is 0 Å². The van der Waals surface area contributed by atoms with Crippen molar-refractivity contribution in [3.05, 3.63) is 0 Å². The molecule has 0 aromatic heterocycles. The quantitative estimate of drug-likeness (QED) is 0.732. The van der Waals surface area contributed by atoms with Crippen molar-refractivity contribution in [3.63, 3.8) is 0 Å². The lowest BCUT2D eigenvalue weighted by molar-refractivity contribution is 0.0316. The summed E-state index contributed by atoms with van der Waals surface area (Å²) in [6, 6.07) is 0.707. The van der Waals surface area contributed by atoms with Gasteiger partial charge in [-0.1, -0.05) is 0 Å². The molecule has 4 nitrogen and oxygen atoms in total. The first-order chi connectivity index (χ1) is 7.88. The van der Waals surface area contributed by atoms with E-state index < -0.39 is 0 Å². The maximum Gasteiger partial charge on any atom is 0.0594 e. The number of morpholine rings is 1. The van der Waals surface area contributed by atoms with Crippen LogP contribution >= 0.6 is 0 Å². The monoisotopic (exact) mass is 227 g/mol. The zero-order valence-corrected chi connectivity index (χ0v) is 10.5. The minimum atomic E-state index is 0.707. The van der Waals surface area contributed by atoms with Gasteiger partial charge in [-0.25, -0.2) is 0 Å². The van der Waals surface area contributed by atoms with Crippen LogP contribution < -0.4 is 5.32 Å². The highest BCUT2D eigenvalue weighted by atomic mass is 16.5. The van der Waals surface area contributed by atoms with Crippen LogP contribution in [-0.2, 0) is 4.74 Å². The van der Waals surface area contributed by atoms with E-state index in [0.717, 1.165) is 26.3 Å². The molecule has 0 saturated carbocycles. The van der Waals surface area contributed by atoms with Gasteiger partial charge in [0.1, 0.15) is 0 Å². The van der Waals surface area contributed by atoms with E-state index in [1.54, 1.807) is 0 Å². The van der Waals surface area contributed by atoms with Gasteiger partial charge in [-0.3, -0.25) is 4.90 Å². The zero-order valence-electron chi connectivity index (χ0n) is 10.5. The molecular formula is C12H25N3O. The van der Waals surface area contributed by atoms with E-state index in [1.165, 1.54) is 39.0 Å². The largest absolute Gasteiger partial charge is 0.379 e. The average molecular weight is 227 g/mol. The van der Waals surface area contributed by atoms with Crippen LogP contribution in [0, 0.1) is 0 Å². The third kappa shape index (κ3) is 3.70. The number of likely N-dealkylation sites (tertiary alicyclic amines) is 1. The van der Waals surface area contributed by atoms with E-state index in [0.29, 0.717) is 6.04 Å². The highest BCUT2D eigenvalue weighted by Crippen LogP contribution is 2.09. The Hall–Kier alpha value is -0.160. The van der Waals surface area contributed by atoms with Gasteiger partial charge >= 0.3 is 0 Å². The molecule has 1 atom stereocenters. The molecule has 0 aliphatic carbocycles. The van der Waals surface area contributed by atoms with Gasteiger partial charge in [-0.05, 0) is 26.4 Å². The molecule has 0 aromatic rings. The predicted molar refractivity (Wildman–Crippen MR) is 65.8 cm³/mol. The Bertz CT molecular complexity index is 195.